The van der Waals surface area contributed by atoms with Gasteiger partial charge >= 0.3 is 0 Å². The molecule has 0 amide bonds. The normalized spacial score (nSPS) is 9.75. The third kappa shape index (κ3) is 23.6. The average molecular weight is 236 g/mol. The highest BCUT2D eigenvalue weighted by atomic mass is 16.5. The highest BCUT2D eigenvalue weighted by molar-refractivity contribution is 4.41. The minimum absolute atomic E-state index is 0.0278. The molecule has 0 bridgehead atoms. The van der Waals surface area contributed by atoms with E-state index in [0.717, 1.165) is 6.42 Å². The Balaban J connectivity index is 0. The maximum atomic E-state index is 8.42. The van der Waals surface area contributed by atoms with Crippen LogP contribution in [0.25, 0.3) is 0 Å². The summed E-state index contributed by atoms with van der Waals surface area (Å²) in [6, 6.07) is 0. The first-order valence-corrected chi connectivity index (χ1v) is 6.23. The van der Waals surface area contributed by atoms with Crippen molar-refractivity contribution in [1.29, 1.82) is 0 Å². The van der Waals surface area contributed by atoms with E-state index < -0.39 is 0 Å². The molecule has 0 aliphatic carbocycles. The second-order valence-corrected chi connectivity index (χ2v) is 3.55. The topological polar surface area (TPSA) is 69.9 Å². The first-order valence-electron chi connectivity index (χ1n) is 6.23. The highest BCUT2D eigenvalue weighted by Crippen LogP contribution is 2.03. The molecular formula is C12H28O4. The lowest BCUT2D eigenvalue weighted by atomic mass is 10.1. The standard InChI is InChI=1S/C8H18O.C4H10O3/c1-2-3-4-5-6-7-8-9;5-1-3-7-4-2-6/h9H,2-8H2,1H3;5-6H,1-4H2. The number of hydrogen-bond acceptors (Lipinski definition) is 4. The molecule has 4 nitrogen and oxygen atoms in total. The fraction of sp³-hybridized carbons (Fsp3) is 1.00. The first-order chi connectivity index (χ1) is 7.83. The van der Waals surface area contributed by atoms with Gasteiger partial charge < -0.3 is 20.1 Å². The van der Waals surface area contributed by atoms with Crippen molar-refractivity contribution >= 4 is 0 Å². The molecule has 100 valence electrons. The smallest absolute Gasteiger partial charge is 0.0698 e. The summed E-state index contributed by atoms with van der Waals surface area (Å²) < 4.78 is 4.63. The van der Waals surface area contributed by atoms with E-state index in [1.54, 1.807) is 0 Å². The predicted octanol–water partition coefficient (Wildman–Crippen LogP) is 1.33. The molecule has 0 unspecified atom stereocenters. The summed E-state index contributed by atoms with van der Waals surface area (Å²) in [6.45, 7) is 3.28. The van der Waals surface area contributed by atoms with Gasteiger partial charge in [0.2, 0.25) is 0 Å². The second kappa shape index (κ2) is 20.3. The average Bonchev–Trinajstić information content (AvgIpc) is 2.31. The summed E-state index contributed by atoms with van der Waals surface area (Å²) in [6.07, 6.45) is 7.50. The Morgan fingerprint density at radius 2 is 1.19 bits per heavy atom. The Kier molecular flexibility index (Phi) is 23.1. The lowest BCUT2D eigenvalue weighted by Crippen LogP contribution is -2.03. The Morgan fingerprint density at radius 3 is 1.62 bits per heavy atom. The third-order valence-corrected chi connectivity index (χ3v) is 1.98. The summed E-state index contributed by atoms with van der Waals surface area (Å²) in [5.74, 6) is 0. The van der Waals surface area contributed by atoms with Gasteiger partial charge in [0.1, 0.15) is 0 Å². The van der Waals surface area contributed by atoms with E-state index in [1.165, 1.54) is 32.1 Å². The Morgan fingerprint density at radius 1 is 0.688 bits per heavy atom. The number of hydrogen-bond donors (Lipinski definition) is 3. The summed E-state index contributed by atoms with van der Waals surface area (Å²) in [5.41, 5.74) is 0. The molecule has 0 spiro atoms. The van der Waals surface area contributed by atoms with Crippen molar-refractivity contribution in [3.63, 3.8) is 0 Å². The van der Waals surface area contributed by atoms with E-state index >= 15 is 0 Å². The van der Waals surface area contributed by atoms with Crippen LogP contribution in [0.3, 0.4) is 0 Å². The molecule has 3 N–H and O–H groups in total. The van der Waals surface area contributed by atoms with Crippen LogP contribution in [0.1, 0.15) is 45.4 Å². The van der Waals surface area contributed by atoms with Crippen LogP contribution in [0.15, 0.2) is 0 Å². The molecule has 0 aromatic carbocycles. The molecule has 0 saturated carbocycles. The molecule has 0 aromatic heterocycles. The van der Waals surface area contributed by atoms with Gasteiger partial charge in [-0.3, -0.25) is 0 Å². The van der Waals surface area contributed by atoms with Gasteiger partial charge in [0, 0.05) is 6.61 Å². The van der Waals surface area contributed by atoms with Crippen LogP contribution in [0, 0.1) is 0 Å². The molecule has 0 aliphatic rings. The lowest BCUT2D eigenvalue weighted by Gasteiger charge is -1.95. The van der Waals surface area contributed by atoms with Gasteiger partial charge in [-0.05, 0) is 6.42 Å². The number of ether oxygens (including phenoxy) is 1. The van der Waals surface area contributed by atoms with E-state index in [1.807, 2.05) is 0 Å². The zero-order valence-electron chi connectivity index (χ0n) is 10.5. The first kappa shape index (κ1) is 18.2. The fourth-order valence-corrected chi connectivity index (χ4v) is 1.12. The van der Waals surface area contributed by atoms with Crippen LogP contribution in [0.4, 0.5) is 0 Å². The van der Waals surface area contributed by atoms with Gasteiger partial charge in [0.25, 0.3) is 0 Å². The van der Waals surface area contributed by atoms with Crippen LogP contribution in [-0.4, -0.2) is 48.4 Å². The summed E-state index contributed by atoms with van der Waals surface area (Å²) in [5, 5.41) is 24.6. The van der Waals surface area contributed by atoms with Crippen molar-refractivity contribution in [3.8, 4) is 0 Å². The SMILES string of the molecule is CCCCCCCCO.OCCOCCO. The molecule has 0 aliphatic heterocycles. The van der Waals surface area contributed by atoms with Gasteiger partial charge in [0.05, 0.1) is 26.4 Å². The number of unbranched alkanes of at least 4 members (excludes halogenated alkanes) is 5. The zero-order valence-corrected chi connectivity index (χ0v) is 10.5. The fourth-order valence-electron chi connectivity index (χ4n) is 1.12. The van der Waals surface area contributed by atoms with Crippen molar-refractivity contribution in [2.45, 2.75) is 45.4 Å². The summed E-state index contributed by atoms with van der Waals surface area (Å²) in [4.78, 5) is 0. The monoisotopic (exact) mass is 236 g/mol. The van der Waals surface area contributed by atoms with E-state index in [-0.39, 0.29) is 13.2 Å². The molecule has 0 rings (SSSR count). The quantitative estimate of drug-likeness (QED) is 0.500. The van der Waals surface area contributed by atoms with E-state index in [9.17, 15) is 0 Å². The molecule has 0 heterocycles. The van der Waals surface area contributed by atoms with Crippen molar-refractivity contribution in [1.82, 2.24) is 0 Å². The Labute approximate surface area is 99.3 Å². The lowest BCUT2D eigenvalue weighted by molar-refractivity contribution is 0.0650. The zero-order chi connectivity index (χ0) is 12.5. The molecule has 0 aromatic rings. The molecular weight excluding hydrogens is 208 g/mol. The van der Waals surface area contributed by atoms with Crippen LogP contribution in [0.2, 0.25) is 0 Å². The largest absolute Gasteiger partial charge is 0.396 e. The molecule has 16 heavy (non-hydrogen) atoms. The highest BCUT2D eigenvalue weighted by Gasteiger charge is 1.86. The van der Waals surface area contributed by atoms with E-state index in [0.29, 0.717) is 19.8 Å². The van der Waals surface area contributed by atoms with Crippen LogP contribution in [-0.2, 0) is 4.74 Å². The molecule has 0 fully saturated rings. The number of rotatable bonds is 10. The maximum absolute atomic E-state index is 8.42. The number of aliphatic hydroxyl groups excluding tert-OH is 3. The Bertz CT molecular complexity index is 89.0. The minimum atomic E-state index is 0.0278. The van der Waals surface area contributed by atoms with Gasteiger partial charge in [-0.2, -0.15) is 0 Å². The molecule has 0 atom stereocenters. The summed E-state index contributed by atoms with van der Waals surface area (Å²) in [7, 11) is 0. The second-order valence-electron chi connectivity index (χ2n) is 3.55. The summed E-state index contributed by atoms with van der Waals surface area (Å²) >= 11 is 0. The van der Waals surface area contributed by atoms with Gasteiger partial charge in [0.15, 0.2) is 0 Å². The molecule has 0 radical (unpaired) electrons. The number of aliphatic hydroxyl groups is 3. The van der Waals surface area contributed by atoms with Crippen molar-refractivity contribution in [2.24, 2.45) is 0 Å². The minimum Gasteiger partial charge on any atom is -0.396 e. The van der Waals surface area contributed by atoms with Crippen LogP contribution in [0.5, 0.6) is 0 Å². The maximum Gasteiger partial charge on any atom is 0.0698 e. The van der Waals surface area contributed by atoms with Gasteiger partial charge in [-0.25, -0.2) is 0 Å². The predicted molar refractivity (Wildman–Crippen MR) is 65.5 cm³/mol. The van der Waals surface area contributed by atoms with Crippen molar-refractivity contribution in [3.05, 3.63) is 0 Å². The van der Waals surface area contributed by atoms with Crippen LogP contribution < -0.4 is 0 Å². The van der Waals surface area contributed by atoms with Crippen LogP contribution >= 0.6 is 0 Å². The van der Waals surface area contributed by atoms with E-state index in [2.05, 4.69) is 11.7 Å². The Hall–Kier alpha value is -0.160. The van der Waals surface area contributed by atoms with Crippen molar-refractivity contribution < 1.29 is 20.1 Å². The molecule has 0 saturated heterocycles. The van der Waals surface area contributed by atoms with E-state index in [4.69, 9.17) is 15.3 Å². The van der Waals surface area contributed by atoms with Crippen molar-refractivity contribution in [2.75, 3.05) is 33.0 Å². The molecule has 4 heteroatoms. The van der Waals surface area contributed by atoms with Gasteiger partial charge in [-0.15, -0.1) is 0 Å². The third-order valence-electron chi connectivity index (χ3n) is 1.98. The van der Waals surface area contributed by atoms with Gasteiger partial charge in [-0.1, -0.05) is 39.0 Å².